The topological polar surface area (TPSA) is 18.5 Å². The molecule has 48 heavy (non-hydrogen) atoms. The van der Waals surface area contributed by atoms with Gasteiger partial charge in [0, 0.05) is 0 Å². The van der Waals surface area contributed by atoms with Gasteiger partial charge in [0.15, 0.2) is 0 Å². The van der Waals surface area contributed by atoms with Crippen LogP contribution in [0.3, 0.4) is 0 Å². The number of hydrogen-bond acceptors (Lipinski definition) is 2. The van der Waals surface area contributed by atoms with Gasteiger partial charge in [0.1, 0.15) is 11.5 Å². The summed E-state index contributed by atoms with van der Waals surface area (Å²) in [5.74, 6) is 3.19. The lowest BCUT2D eigenvalue weighted by molar-refractivity contribution is 0.302. The molecule has 1 aliphatic heterocycles. The Kier molecular flexibility index (Phi) is 15.5. The zero-order chi connectivity index (χ0) is 34.8. The van der Waals surface area contributed by atoms with Crippen LogP contribution in [0.15, 0.2) is 45.3 Å². The van der Waals surface area contributed by atoms with Crippen LogP contribution in [0.4, 0.5) is 0 Å². The molecule has 0 aliphatic carbocycles. The first-order valence-electron chi connectivity index (χ1n) is 19.2. The third-order valence-corrected chi connectivity index (χ3v) is 11.3. The fraction of sp³-hybridized carbons (Fsp3) is 0.581. The minimum absolute atomic E-state index is 0.138. The van der Waals surface area contributed by atoms with E-state index in [1.807, 2.05) is 0 Å². The predicted molar refractivity (Wildman–Crippen MR) is 218 cm³/mol. The Hall–Kier alpha value is -1.72. The third kappa shape index (κ3) is 9.74. The van der Waals surface area contributed by atoms with Crippen molar-refractivity contribution in [3.05, 3.63) is 62.0 Å². The summed E-state index contributed by atoms with van der Waals surface area (Å²) in [6.45, 7) is 20.2. The lowest BCUT2D eigenvalue weighted by Gasteiger charge is -2.27. The molecule has 0 fully saturated rings. The fourth-order valence-electron chi connectivity index (χ4n) is 7.26. The van der Waals surface area contributed by atoms with Crippen LogP contribution >= 0.6 is 31.9 Å². The van der Waals surface area contributed by atoms with Gasteiger partial charge in [-0.15, -0.1) is 0 Å². The largest absolute Gasteiger partial charge is 0.492 e. The Labute approximate surface area is 310 Å². The van der Waals surface area contributed by atoms with Gasteiger partial charge in [0.25, 0.3) is 0 Å². The van der Waals surface area contributed by atoms with E-state index in [1.165, 1.54) is 108 Å². The van der Waals surface area contributed by atoms with E-state index in [0.717, 1.165) is 46.5 Å². The first-order valence-corrected chi connectivity index (χ1v) is 20.8. The van der Waals surface area contributed by atoms with Gasteiger partial charge in [0.05, 0.1) is 22.2 Å². The van der Waals surface area contributed by atoms with Gasteiger partial charge in [-0.1, -0.05) is 148 Å². The van der Waals surface area contributed by atoms with E-state index in [1.54, 1.807) is 0 Å². The minimum atomic E-state index is 0.138. The van der Waals surface area contributed by atoms with E-state index in [2.05, 4.69) is 124 Å². The molecule has 0 saturated heterocycles. The molecular formula is C43H61BBr2O2. The van der Waals surface area contributed by atoms with Crippen molar-refractivity contribution in [3.63, 3.8) is 0 Å². The molecule has 0 unspecified atom stereocenters. The van der Waals surface area contributed by atoms with Crippen molar-refractivity contribution in [3.8, 4) is 22.6 Å². The van der Waals surface area contributed by atoms with Crippen LogP contribution in [0.2, 0.25) is 0 Å². The van der Waals surface area contributed by atoms with E-state index in [4.69, 9.17) is 9.47 Å². The van der Waals surface area contributed by atoms with Crippen molar-refractivity contribution in [2.45, 2.75) is 150 Å². The van der Waals surface area contributed by atoms with Crippen LogP contribution in [-0.4, -0.2) is 19.9 Å². The normalized spacial score (nSPS) is 12.4. The SMILES string of the molecule is CCCCCCCCOc1cc2c(cc1Br)B(c1c(C(C)C)cc(C(C)C)cc1C(C)C)c1cc(Br)c(OCCCCCCCC)cc1-2. The number of ether oxygens (including phenoxy) is 2. The Morgan fingerprint density at radius 3 is 1.29 bits per heavy atom. The van der Waals surface area contributed by atoms with Gasteiger partial charge >= 0.3 is 0 Å². The fourth-order valence-corrected chi connectivity index (χ4v) is 8.21. The Morgan fingerprint density at radius 2 is 0.917 bits per heavy atom. The molecule has 0 N–H and O–H groups in total. The second-order valence-corrected chi connectivity index (χ2v) is 16.7. The van der Waals surface area contributed by atoms with Gasteiger partial charge in [-0.2, -0.15) is 0 Å². The first kappa shape index (κ1) is 39.1. The number of rotatable bonds is 20. The zero-order valence-electron chi connectivity index (χ0n) is 31.2. The zero-order valence-corrected chi connectivity index (χ0v) is 34.4. The number of fused-ring (bicyclic) bond motifs is 3. The van der Waals surface area contributed by atoms with Crippen LogP contribution in [0, 0.1) is 0 Å². The molecule has 2 nitrogen and oxygen atoms in total. The summed E-state index contributed by atoms with van der Waals surface area (Å²) >= 11 is 7.92. The van der Waals surface area contributed by atoms with E-state index in [9.17, 15) is 0 Å². The van der Waals surface area contributed by atoms with Crippen molar-refractivity contribution < 1.29 is 9.47 Å². The second-order valence-electron chi connectivity index (χ2n) is 15.0. The highest BCUT2D eigenvalue weighted by Crippen LogP contribution is 2.38. The second kappa shape index (κ2) is 19.0. The van der Waals surface area contributed by atoms with Crippen molar-refractivity contribution in [2.75, 3.05) is 13.2 Å². The van der Waals surface area contributed by atoms with Crippen LogP contribution in [0.5, 0.6) is 11.5 Å². The van der Waals surface area contributed by atoms with Gasteiger partial charge in [-0.3, -0.25) is 0 Å². The first-order chi connectivity index (χ1) is 23.1. The summed E-state index contributed by atoms with van der Waals surface area (Å²) in [7, 11) is 0. The average Bonchev–Trinajstić information content (AvgIpc) is 3.33. The number of halogens is 2. The maximum absolute atomic E-state index is 6.48. The molecule has 5 heteroatoms. The van der Waals surface area contributed by atoms with Crippen molar-refractivity contribution in [1.82, 2.24) is 0 Å². The summed E-state index contributed by atoms with van der Waals surface area (Å²) in [4.78, 5) is 0. The van der Waals surface area contributed by atoms with E-state index in [0.29, 0.717) is 17.8 Å². The Morgan fingerprint density at radius 1 is 0.521 bits per heavy atom. The standard InChI is InChI=1S/C43H61BBr2O2/c1-9-11-13-15-17-19-21-47-41-25-35-36-26-42(48-22-20-18-16-14-12-10-2)40(46)28-38(36)44(37(35)27-39(41)45)43-33(30(5)6)23-32(29(3)4)24-34(43)31(7)8/h23-31H,9-22H2,1-8H3. The molecule has 0 saturated carbocycles. The molecular weight excluding hydrogens is 719 g/mol. The number of unbranched alkanes of at least 4 members (excludes halogenated alkanes) is 10. The van der Waals surface area contributed by atoms with Gasteiger partial charge in [-0.25, -0.2) is 0 Å². The molecule has 0 aromatic heterocycles. The van der Waals surface area contributed by atoms with E-state index < -0.39 is 0 Å². The Balaban J connectivity index is 1.77. The Bertz CT molecular complexity index is 1380. The highest BCUT2D eigenvalue weighted by atomic mass is 79.9. The maximum atomic E-state index is 6.48. The molecule has 262 valence electrons. The summed E-state index contributed by atoms with van der Waals surface area (Å²) in [6, 6.07) is 14.3. The molecule has 1 aliphatic rings. The summed E-state index contributed by atoms with van der Waals surface area (Å²) in [5, 5.41) is 0. The van der Waals surface area contributed by atoms with Gasteiger partial charge in [0.2, 0.25) is 6.71 Å². The molecule has 4 rings (SSSR count). The van der Waals surface area contributed by atoms with Crippen molar-refractivity contribution in [2.24, 2.45) is 0 Å². The quantitative estimate of drug-likeness (QED) is 0.0657. The molecule has 3 aromatic rings. The molecule has 0 spiro atoms. The van der Waals surface area contributed by atoms with E-state index in [-0.39, 0.29) is 6.71 Å². The summed E-state index contributed by atoms with van der Waals surface area (Å²) < 4.78 is 15.0. The minimum Gasteiger partial charge on any atom is -0.492 e. The van der Waals surface area contributed by atoms with Crippen molar-refractivity contribution >= 4 is 55.0 Å². The monoisotopic (exact) mass is 778 g/mol. The molecule has 0 bridgehead atoms. The van der Waals surface area contributed by atoms with Crippen LogP contribution < -0.4 is 25.9 Å². The average molecular weight is 781 g/mol. The molecule has 0 amide bonds. The lowest BCUT2D eigenvalue weighted by Crippen LogP contribution is -2.52. The predicted octanol–water partition coefficient (Wildman–Crippen LogP) is 12.6. The van der Waals surface area contributed by atoms with Crippen LogP contribution in [0.25, 0.3) is 11.1 Å². The summed E-state index contributed by atoms with van der Waals surface area (Å²) in [5.41, 5.74) is 11.1. The molecule has 0 atom stereocenters. The lowest BCUT2D eigenvalue weighted by atomic mass is 9.36. The number of hydrogen-bond donors (Lipinski definition) is 0. The molecule has 1 heterocycles. The molecule has 0 radical (unpaired) electrons. The third-order valence-electron chi connectivity index (χ3n) is 10.1. The van der Waals surface area contributed by atoms with E-state index >= 15 is 0 Å². The van der Waals surface area contributed by atoms with Crippen LogP contribution in [0.1, 0.15) is 167 Å². The summed E-state index contributed by atoms with van der Waals surface area (Å²) in [6.07, 6.45) is 15.1. The highest BCUT2D eigenvalue weighted by Gasteiger charge is 2.39. The highest BCUT2D eigenvalue weighted by molar-refractivity contribution is 9.11. The maximum Gasteiger partial charge on any atom is 0.243 e. The van der Waals surface area contributed by atoms with Gasteiger partial charge in [-0.05, 0) is 115 Å². The van der Waals surface area contributed by atoms with Crippen LogP contribution in [-0.2, 0) is 0 Å². The van der Waals surface area contributed by atoms with Gasteiger partial charge < -0.3 is 9.47 Å². The number of benzene rings is 3. The smallest absolute Gasteiger partial charge is 0.243 e. The molecule has 3 aromatic carbocycles. The van der Waals surface area contributed by atoms with Crippen molar-refractivity contribution in [1.29, 1.82) is 0 Å².